The first kappa shape index (κ1) is 9.19. The second-order valence-electron chi connectivity index (χ2n) is 3.44. The number of hydrogen-bond donors (Lipinski definition) is 1. The van der Waals surface area contributed by atoms with Crippen molar-refractivity contribution in [3.63, 3.8) is 0 Å². The molecule has 1 aliphatic heterocycles. The van der Waals surface area contributed by atoms with E-state index in [2.05, 4.69) is 17.2 Å². The maximum Gasteiger partial charge on any atom is 0.0692 e. The molecule has 72 valence electrons. The highest BCUT2D eigenvalue weighted by Crippen LogP contribution is 2.28. The highest BCUT2D eigenvalue weighted by Gasteiger charge is 2.18. The predicted molar refractivity (Wildman–Crippen MR) is 54.9 cm³/mol. The van der Waals surface area contributed by atoms with Crippen molar-refractivity contribution in [3.8, 4) is 0 Å². The van der Waals surface area contributed by atoms with Gasteiger partial charge in [-0.2, -0.15) is 0 Å². The van der Waals surface area contributed by atoms with Crippen LogP contribution in [0.25, 0.3) is 0 Å². The van der Waals surface area contributed by atoms with Crippen LogP contribution < -0.4 is 0 Å². The molecule has 2 rings (SSSR count). The number of fused-ring (bicyclic) bond motifs is 1. The van der Waals surface area contributed by atoms with Gasteiger partial charge in [0, 0.05) is 18.0 Å². The third-order valence-corrected chi connectivity index (χ3v) is 3.79. The minimum Gasteiger partial charge on any atom is -0.392 e. The van der Waals surface area contributed by atoms with E-state index >= 15 is 0 Å². The first-order valence-corrected chi connectivity index (χ1v) is 5.64. The van der Waals surface area contributed by atoms with Crippen molar-refractivity contribution in [1.82, 2.24) is 4.90 Å². The van der Waals surface area contributed by atoms with Crippen LogP contribution in [-0.2, 0) is 19.6 Å². The topological polar surface area (TPSA) is 23.5 Å². The van der Waals surface area contributed by atoms with E-state index < -0.39 is 0 Å². The summed E-state index contributed by atoms with van der Waals surface area (Å²) in [6.07, 6.45) is 1.11. The first-order chi connectivity index (χ1) is 6.35. The molecule has 0 aromatic carbocycles. The molecule has 13 heavy (non-hydrogen) atoms. The van der Waals surface area contributed by atoms with Gasteiger partial charge in [0.1, 0.15) is 0 Å². The minimum atomic E-state index is 0.206. The standard InChI is InChI=1S/C10H15NOS/c1-2-11-4-3-9-8(6-12)7-13-10(9)5-11/h7,12H,2-6H2,1H3. The Labute approximate surface area is 82.8 Å². The summed E-state index contributed by atoms with van der Waals surface area (Å²) in [6.45, 7) is 5.76. The smallest absolute Gasteiger partial charge is 0.0692 e. The fourth-order valence-electron chi connectivity index (χ4n) is 1.85. The van der Waals surface area contributed by atoms with Crippen LogP contribution in [0, 0.1) is 0 Å². The maximum absolute atomic E-state index is 9.10. The van der Waals surface area contributed by atoms with Crippen LogP contribution in [0.15, 0.2) is 5.38 Å². The maximum atomic E-state index is 9.10. The summed E-state index contributed by atoms with van der Waals surface area (Å²) in [6, 6.07) is 0. The summed E-state index contributed by atoms with van der Waals surface area (Å²) in [5, 5.41) is 11.2. The van der Waals surface area contributed by atoms with Crippen molar-refractivity contribution < 1.29 is 5.11 Å². The summed E-state index contributed by atoms with van der Waals surface area (Å²) in [7, 11) is 0. The van der Waals surface area contributed by atoms with E-state index in [1.54, 1.807) is 11.3 Å². The summed E-state index contributed by atoms with van der Waals surface area (Å²) < 4.78 is 0. The number of aliphatic hydroxyl groups is 1. The van der Waals surface area contributed by atoms with Gasteiger partial charge in [-0.15, -0.1) is 11.3 Å². The van der Waals surface area contributed by atoms with Crippen LogP contribution in [0.2, 0.25) is 0 Å². The van der Waals surface area contributed by atoms with Gasteiger partial charge in [-0.3, -0.25) is 4.90 Å². The van der Waals surface area contributed by atoms with Crippen molar-refractivity contribution >= 4 is 11.3 Å². The Morgan fingerprint density at radius 2 is 2.46 bits per heavy atom. The number of rotatable bonds is 2. The lowest BCUT2D eigenvalue weighted by molar-refractivity contribution is 0.262. The largest absolute Gasteiger partial charge is 0.392 e. The van der Waals surface area contributed by atoms with Crippen molar-refractivity contribution in [3.05, 3.63) is 21.4 Å². The van der Waals surface area contributed by atoms with E-state index in [1.165, 1.54) is 10.4 Å². The van der Waals surface area contributed by atoms with Gasteiger partial charge in [0.2, 0.25) is 0 Å². The van der Waals surface area contributed by atoms with Crippen LogP contribution in [-0.4, -0.2) is 23.1 Å². The van der Waals surface area contributed by atoms with Gasteiger partial charge in [0.05, 0.1) is 6.61 Å². The summed E-state index contributed by atoms with van der Waals surface area (Å²) in [4.78, 5) is 3.90. The van der Waals surface area contributed by atoms with E-state index in [-0.39, 0.29) is 6.61 Å². The Morgan fingerprint density at radius 1 is 1.62 bits per heavy atom. The van der Waals surface area contributed by atoms with Gasteiger partial charge in [-0.25, -0.2) is 0 Å². The zero-order chi connectivity index (χ0) is 9.26. The lowest BCUT2D eigenvalue weighted by Gasteiger charge is -2.25. The quantitative estimate of drug-likeness (QED) is 0.778. The molecule has 0 saturated carbocycles. The number of hydrogen-bond acceptors (Lipinski definition) is 3. The molecule has 0 atom stereocenters. The molecule has 1 N–H and O–H groups in total. The van der Waals surface area contributed by atoms with Crippen molar-refractivity contribution in [2.45, 2.75) is 26.5 Å². The van der Waals surface area contributed by atoms with Crippen LogP contribution >= 0.6 is 11.3 Å². The number of aliphatic hydroxyl groups excluding tert-OH is 1. The van der Waals surface area contributed by atoms with E-state index in [9.17, 15) is 0 Å². The molecule has 3 heteroatoms. The monoisotopic (exact) mass is 197 g/mol. The third-order valence-electron chi connectivity index (χ3n) is 2.73. The second kappa shape index (κ2) is 3.78. The molecule has 2 heterocycles. The van der Waals surface area contributed by atoms with Crippen molar-refractivity contribution in [1.29, 1.82) is 0 Å². The molecule has 1 aromatic rings. The Kier molecular flexibility index (Phi) is 2.67. The molecule has 0 aliphatic carbocycles. The SMILES string of the molecule is CCN1CCc2c(CO)csc2C1. The van der Waals surface area contributed by atoms with E-state index in [4.69, 9.17) is 5.11 Å². The van der Waals surface area contributed by atoms with Gasteiger partial charge in [0.25, 0.3) is 0 Å². The second-order valence-corrected chi connectivity index (χ2v) is 4.40. The third kappa shape index (κ3) is 1.64. The average molecular weight is 197 g/mol. The summed E-state index contributed by atoms with van der Waals surface area (Å²) >= 11 is 1.79. The molecule has 0 amide bonds. The first-order valence-electron chi connectivity index (χ1n) is 4.76. The van der Waals surface area contributed by atoms with Gasteiger partial charge in [0.15, 0.2) is 0 Å². The van der Waals surface area contributed by atoms with Crippen molar-refractivity contribution in [2.75, 3.05) is 13.1 Å². The predicted octanol–water partition coefficient (Wildman–Crippen LogP) is 1.62. The van der Waals surface area contributed by atoms with Crippen LogP contribution in [0.5, 0.6) is 0 Å². The molecule has 0 bridgehead atoms. The Balaban J connectivity index is 2.22. The van der Waals surface area contributed by atoms with Gasteiger partial charge in [-0.05, 0) is 29.5 Å². The van der Waals surface area contributed by atoms with E-state index in [0.717, 1.165) is 31.6 Å². The molecule has 0 spiro atoms. The summed E-state index contributed by atoms with van der Waals surface area (Å²) in [5.74, 6) is 0. The number of nitrogens with zero attached hydrogens (tertiary/aromatic N) is 1. The molecule has 0 fully saturated rings. The molecule has 1 aromatic heterocycles. The number of thiophene rings is 1. The molecule has 0 unspecified atom stereocenters. The lowest BCUT2D eigenvalue weighted by Crippen LogP contribution is -2.29. The molecule has 0 saturated heterocycles. The van der Waals surface area contributed by atoms with Gasteiger partial charge >= 0.3 is 0 Å². The minimum absolute atomic E-state index is 0.206. The van der Waals surface area contributed by atoms with E-state index in [1.807, 2.05) is 0 Å². The fourth-order valence-corrected chi connectivity index (χ4v) is 2.98. The van der Waals surface area contributed by atoms with Gasteiger partial charge in [-0.1, -0.05) is 6.92 Å². The van der Waals surface area contributed by atoms with Gasteiger partial charge < -0.3 is 5.11 Å². The van der Waals surface area contributed by atoms with Crippen LogP contribution in [0.1, 0.15) is 22.9 Å². The molecule has 1 aliphatic rings. The molecule has 0 radical (unpaired) electrons. The van der Waals surface area contributed by atoms with Crippen LogP contribution in [0.3, 0.4) is 0 Å². The Morgan fingerprint density at radius 3 is 3.15 bits per heavy atom. The molecule has 2 nitrogen and oxygen atoms in total. The zero-order valence-electron chi connectivity index (χ0n) is 7.92. The van der Waals surface area contributed by atoms with Crippen molar-refractivity contribution in [2.24, 2.45) is 0 Å². The Bertz CT molecular complexity index is 295. The normalized spacial score (nSPS) is 17.4. The highest BCUT2D eigenvalue weighted by atomic mass is 32.1. The lowest BCUT2D eigenvalue weighted by atomic mass is 10.0. The zero-order valence-corrected chi connectivity index (χ0v) is 8.73. The Hall–Kier alpha value is -0.380. The average Bonchev–Trinajstić information content (AvgIpc) is 2.59. The molecular formula is C10H15NOS. The number of likely N-dealkylation sites (N-methyl/N-ethyl adjacent to an activating group) is 1. The molecular weight excluding hydrogens is 182 g/mol. The van der Waals surface area contributed by atoms with E-state index in [0.29, 0.717) is 0 Å². The highest BCUT2D eigenvalue weighted by molar-refractivity contribution is 7.10. The summed E-state index contributed by atoms with van der Waals surface area (Å²) in [5.41, 5.74) is 2.56. The fraction of sp³-hybridized carbons (Fsp3) is 0.600. The van der Waals surface area contributed by atoms with Crippen LogP contribution in [0.4, 0.5) is 0 Å².